The van der Waals surface area contributed by atoms with Crippen molar-refractivity contribution in [1.82, 2.24) is 5.32 Å². The van der Waals surface area contributed by atoms with Crippen LogP contribution in [0.3, 0.4) is 0 Å². The molecule has 25 heavy (non-hydrogen) atoms. The summed E-state index contributed by atoms with van der Waals surface area (Å²) in [4.78, 5) is 1.33. The average Bonchev–Trinajstić information content (AvgIpc) is 2.98. The number of nitrogens with one attached hydrogen (secondary N) is 1. The van der Waals surface area contributed by atoms with Gasteiger partial charge in [0.15, 0.2) is 9.84 Å². The number of halogens is 1. The van der Waals surface area contributed by atoms with Gasteiger partial charge in [0.2, 0.25) is 0 Å². The van der Waals surface area contributed by atoms with Crippen LogP contribution < -0.4 is 5.32 Å². The van der Waals surface area contributed by atoms with Gasteiger partial charge in [-0.1, -0.05) is 36.0 Å². The number of terminal acetylenes is 1. The number of hydrogen-bond donors (Lipinski definition) is 1. The van der Waals surface area contributed by atoms with Crippen molar-refractivity contribution in [2.24, 2.45) is 0 Å². The van der Waals surface area contributed by atoms with Crippen molar-refractivity contribution in [2.45, 2.75) is 17.2 Å². The molecule has 0 spiro atoms. The van der Waals surface area contributed by atoms with Gasteiger partial charge in [-0.15, -0.1) is 12.8 Å². The molecule has 0 saturated carbocycles. The molecular formula is C19H18FNO2S2. The second-order valence-electron chi connectivity index (χ2n) is 5.41. The van der Waals surface area contributed by atoms with Crippen LogP contribution in [0.4, 0.5) is 4.39 Å². The topological polar surface area (TPSA) is 46.2 Å². The molecule has 1 aliphatic rings. The van der Waals surface area contributed by atoms with E-state index < -0.39 is 9.84 Å². The largest absolute Gasteiger partial charge is 0.372 e. The summed E-state index contributed by atoms with van der Waals surface area (Å²) in [5, 5.41) is 3.59. The molecule has 0 aliphatic carbocycles. The summed E-state index contributed by atoms with van der Waals surface area (Å²) < 4.78 is 36.3. The Morgan fingerprint density at radius 1 is 1.00 bits per heavy atom. The number of rotatable bonds is 3. The Balaban J connectivity index is 0.00000109. The lowest BCUT2D eigenvalue weighted by molar-refractivity contribution is 0.602. The van der Waals surface area contributed by atoms with Crippen molar-refractivity contribution in [1.29, 1.82) is 0 Å². The van der Waals surface area contributed by atoms with Crippen LogP contribution in [0, 0.1) is 18.7 Å². The van der Waals surface area contributed by atoms with E-state index in [0.717, 1.165) is 21.7 Å². The highest BCUT2D eigenvalue weighted by molar-refractivity contribution is 8.09. The number of sulfone groups is 1. The van der Waals surface area contributed by atoms with Crippen LogP contribution >= 0.6 is 11.8 Å². The lowest BCUT2D eigenvalue weighted by Gasteiger charge is -2.09. The van der Waals surface area contributed by atoms with Crippen LogP contribution in [0.15, 0.2) is 53.4 Å². The van der Waals surface area contributed by atoms with Gasteiger partial charge in [-0.3, -0.25) is 0 Å². The Bertz CT molecular complexity index is 899. The quantitative estimate of drug-likeness (QED) is 0.824. The minimum absolute atomic E-state index is 0.194. The summed E-state index contributed by atoms with van der Waals surface area (Å²) in [6, 6.07) is 13.2. The Labute approximate surface area is 152 Å². The maximum atomic E-state index is 13.1. The number of hydrogen-bond acceptors (Lipinski definition) is 4. The van der Waals surface area contributed by atoms with E-state index in [1.54, 1.807) is 48.2 Å². The molecule has 3 rings (SSSR count). The molecule has 0 fully saturated rings. The van der Waals surface area contributed by atoms with Gasteiger partial charge in [0, 0.05) is 11.2 Å². The highest BCUT2D eigenvalue weighted by Gasteiger charge is 2.23. The van der Waals surface area contributed by atoms with Crippen LogP contribution in [0.5, 0.6) is 0 Å². The third-order valence-electron chi connectivity index (χ3n) is 3.55. The highest BCUT2D eigenvalue weighted by Crippen LogP contribution is 2.42. The molecule has 6 heteroatoms. The minimum Gasteiger partial charge on any atom is -0.372 e. The van der Waals surface area contributed by atoms with E-state index in [2.05, 4.69) is 18.2 Å². The smallest absolute Gasteiger partial charge is 0.175 e. The SMILES string of the molecule is C#C.CC1NC(c2ccc(S(C)(=O)=O)cc2)=C(c2ccc(F)cc2)S1. The number of thioether (sulfide) groups is 1. The average molecular weight is 375 g/mol. The molecule has 0 radical (unpaired) electrons. The lowest BCUT2D eigenvalue weighted by Crippen LogP contribution is -2.15. The minimum atomic E-state index is -3.21. The van der Waals surface area contributed by atoms with Crippen molar-refractivity contribution >= 4 is 32.2 Å². The van der Waals surface area contributed by atoms with E-state index in [9.17, 15) is 12.8 Å². The molecule has 1 atom stereocenters. The first kappa shape index (κ1) is 19.1. The van der Waals surface area contributed by atoms with Gasteiger partial charge in [-0.05, 0) is 42.3 Å². The lowest BCUT2D eigenvalue weighted by atomic mass is 10.1. The van der Waals surface area contributed by atoms with E-state index in [-0.39, 0.29) is 11.2 Å². The van der Waals surface area contributed by atoms with E-state index >= 15 is 0 Å². The van der Waals surface area contributed by atoms with E-state index in [1.165, 1.54) is 18.4 Å². The van der Waals surface area contributed by atoms with Crippen LogP contribution in [0.1, 0.15) is 18.1 Å². The van der Waals surface area contributed by atoms with Gasteiger partial charge >= 0.3 is 0 Å². The van der Waals surface area contributed by atoms with Crippen molar-refractivity contribution in [3.63, 3.8) is 0 Å². The fourth-order valence-electron chi connectivity index (χ4n) is 2.43. The zero-order chi connectivity index (χ0) is 18.6. The van der Waals surface area contributed by atoms with E-state index in [4.69, 9.17) is 0 Å². The third kappa shape index (κ3) is 4.44. The zero-order valence-electron chi connectivity index (χ0n) is 13.9. The van der Waals surface area contributed by atoms with Gasteiger partial charge in [0.25, 0.3) is 0 Å². The molecule has 1 N–H and O–H groups in total. The molecule has 130 valence electrons. The highest BCUT2D eigenvalue weighted by atomic mass is 32.2. The Kier molecular flexibility index (Phi) is 5.93. The first-order chi connectivity index (χ1) is 11.8. The maximum absolute atomic E-state index is 13.1. The Morgan fingerprint density at radius 3 is 2.04 bits per heavy atom. The summed E-state index contributed by atoms with van der Waals surface area (Å²) in [7, 11) is -3.21. The predicted molar refractivity (Wildman–Crippen MR) is 103 cm³/mol. The zero-order valence-corrected chi connectivity index (χ0v) is 15.5. The molecule has 2 aromatic rings. The van der Waals surface area contributed by atoms with E-state index in [1.807, 2.05) is 6.92 Å². The second-order valence-corrected chi connectivity index (χ2v) is 8.78. The fourth-order valence-corrected chi connectivity index (χ4v) is 4.16. The molecule has 1 aliphatic heterocycles. The third-order valence-corrected chi connectivity index (χ3v) is 5.82. The Hall–Kier alpha value is -2.23. The first-order valence-corrected chi connectivity index (χ1v) is 10.2. The van der Waals surface area contributed by atoms with E-state index in [0.29, 0.717) is 4.90 Å². The summed E-state index contributed by atoms with van der Waals surface area (Å²) in [6.07, 6.45) is 9.19. The van der Waals surface area contributed by atoms with Crippen LogP contribution in [0.25, 0.3) is 10.6 Å². The van der Waals surface area contributed by atoms with Gasteiger partial charge in [-0.2, -0.15) is 0 Å². The monoisotopic (exact) mass is 375 g/mol. The predicted octanol–water partition coefficient (Wildman–Crippen LogP) is 3.99. The van der Waals surface area contributed by atoms with Crippen LogP contribution in [-0.2, 0) is 9.84 Å². The molecule has 0 amide bonds. The van der Waals surface area contributed by atoms with Crippen molar-refractivity contribution in [3.05, 3.63) is 65.5 Å². The molecule has 2 aromatic carbocycles. The fraction of sp³-hybridized carbons (Fsp3) is 0.158. The van der Waals surface area contributed by atoms with Gasteiger partial charge in [-0.25, -0.2) is 12.8 Å². The Morgan fingerprint density at radius 2 is 1.52 bits per heavy atom. The molecule has 0 bridgehead atoms. The summed E-state index contributed by atoms with van der Waals surface area (Å²) >= 11 is 1.66. The summed E-state index contributed by atoms with van der Waals surface area (Å²) in [6.45, 7) is 2.05. The summed E-state index contributed by atoms with van der Waals surface area (Å²) in [5.74, 6) is -0.266. The first-order valence-electron chi connectivity index (χ1n) is 7.42. The van der Waals surface area contributed by atoms with Gasteiger partial charge in [0.1, 0.15) is 5.82 Å². The molecule has 3 nitrogen and oxygen atoms in total. The maximum Gasteiger partial charge on any atom is 0.175 e. The molecule has 0 saturated heterocycles. The van der Waals surface area contributed by atoms with Crippen LogP contribution in [0.2, 0.25) is 0 Å². The van der Waals surface area contributed by atoms with Gasteiger partial charge < -0.3 is 5.32 Å². The van der Waals surface area contributed by atoms with Crippen molar-refractivity contribution in [3.8, 4) is 12.8 Å². The van der Waals surface area contributed by atoms with Crippen LogP contribution in [-0.4, -0.2) is 20.0 Å². The van der Waals surface area contributed by atoms with Crippen molar-refractivity contribution in [2.75, 3.05) is 6.26 Å². The van der Waals surface area contributed by atoms with Crippen molar-refractivity contribution < 1.29 is 12.8 Å². The molecule has 1 heterocycles. The normalized spacial score (nSPS) is 16.8. The molecule has 1 unspecified atom stereocenters. The molecular weight excluding hydrogens is 357 g/mol. The standard InChI is InChI=1S/C17H16FNO2S2.C2H2/c1-11-19-16(12-5-9-15(10-6-12)23(2,20)21)17(22-11)13-3-7-14(18)8-4-13;1-2/h3-11,19H,1-2H3;1-2H. The molecule has 0 aromatic heterocycles. The number of benzene rings is 2. The van der Waals surface area contributed by atoms with Gasteiger partial charge in [0.05, 0.1) is 16.0 Å². The summed E-state index contributed by atoms with van der Waals surface area (Å²) in [5.41, 5.74) is 2.79. The second kappa shape index (κ2) is 7.77.